The van der Waals surface area contributed by atoms with Crippen LogP contribution in [0.2, 0.25) is 0 Å². The molecule has 1 saturated carbocycles. The van der Waals surface area contributed by atoms with Crippen LogP contribution in [-0.2, 0) is 4.79 Å². The lowest BCUT2D eigenvalue weighted by Crippen LogP contribution is -2.41. The molecule has 1 spiro atoms. The van der Waals surface area contributed by atoms with Crippen molar-refractivity contribution in [2.75, 3.05) is 13.1 Å². The minimum Gasteiger partial charge on any atom is -0.341 e. The Hall–Kier alpha value is -0.610. The number of carbonyl (C=O) groups excluding carboxylic acids is 1. The van der Waals surface area contributed by atoms with E-state index in [4.69, 9.17) is 11.5 Å². The summed E-state index contributed by atoms with van der Waals surface area (Å²) in [6.45, 7) is 3.50. The van der Waals surface area contributed by atoms with Gasteiger partial charge in [0, 0.05) is 19.1 Å². The predicted molar refractivity (Wildman–Crippen MR) is 59.1 cm³/mol. The number of likely N-dealkylation sites (tertiary alicyclic amines) is 1. The number of hydrogen-bond acceptors (Lipinski definition) is 3. The summed E-state index contributed by atoms with van der Waals surface area (Å²) in [5.74, 6) is 0.0901. The van der Waals surface area contributed by atoms with Crippen molar-refractivity contribution in [3.8, 4) is 0 Å². The third-order valence-corrected chi connectivity index (χ3v) is 3.88. The van der Waals surface area contributed by atoms with Crippen molar-refractivity contribution in [3.05, 3.63) is 0 Å². The van der Waals surface area contributed by atoms with Crippen LogP contribution in [-0.4, -0.2) is 36.0 Å². The van der Waals surface area contributed by atoms with E-state index in [1.165, 1.54) is 6.42 Å². The van der Waals surface area contributed by atoms with Gasteiger partial charge < -0.3 is 16.4 Å². The average Bonchev–Trinajstić information content (AvgIpc) is 2.74. The highest BCUT2D eigenvalue weighted by Crippen LogP contribution is 2.44. The molecule has 0 unspecified atom stereocenters. The Balaban J connectivity index is 1.98. The molecule has 2 rings (SSSR count). The third-order valence-electron chi connectivity index (χ3n) is 3.88. The van der Waals surface area contributed by atoms with E-state index in [0.717, 1.165) is 32.4 Å². The standard InChI is InChI=1S/C11H21N3O/c1-8(12)10(15)14-5-4-11(7-14)3-2-9(13)6-11/h8-9H,2-7,12-13H2,1H3/t8-,9-,11+/m1/s1. The normalized spacial score (nSPS) is 37.5. The third kappa shape index (κ3) is 2.01. The summed E-state index contributed by atoms with van der Waals surface area (Å²) in [5, 5.41) is 0. The number of nitrogens with two attached hydrogens (primary N) is 2. The number of rotatable bonds is 1. The molecule has 1 saturated heterocycles. The number of hydrogen-bond donors (Lipinski definition) is 2. The smallest absolute Gasteiger partial charge is 0.239 e. The number of amides is 1. The summed E-state index contributed by atoms with van der Waals surface area (Å²) in [6, 6.07) is -0.0226. The zero-order valence-electron chi connectivity index (χ0n) is 9.41. The Morgan fingerprint density at radius 3 is 2.80 bits per heavy atom. The second-order valence-electron chi connectivity index (χ2n) is 5.30. The summed E-state index contributed by atoms with van der Waals surface area (Å²) in [6.07, 6.45) is 4.48. The second kappa shape index (κ2) is 3.76. The first-order chi connectivity index (χ1) is 7.02. The van der Waals surface area contributed by atoms with Crippen LogP contribution in [0, 0.1) is 5.41 Å². The van der Waals surface area contributed by atoms with E-state index in [1.807, 2.05) is 4.90 Å². The Bertz CT molecular complexity index is 267. The lowest BCUT2D eigenvalue weighted by Gasteiger charge is -2.24. The molecule has 3 atom stereocenters. The van der Waals surface area contributed by atoms with Crippen LogP contribution in [0.3, 0.4) is 0 Å². The van der Waals surface area contributed by atoms with Crippen molar-refractivity contribution < 1.29 is 4.79 Å². The SMILES string of the molecule is C[C@@H](N)C(=O)N1CC[C@]2(CC[C@@H](N)C2)C1. The zero-order chi connectivity index (χ0) is 11.1. The van der Waals surface area contributed by atoms with Crippen LogP contribution >= 0.6 is 0 Å². The molecule has 0 bridgehead atoms. The van der Waals surface area contributed by atoms with Gasteiger partial charge in [-0.2, -0.15) is 0 Å². The summed E-state index contributed by atoms with van der Waals surface area (Å²) in [5.41, 5.74) is 11.9. The zero-order valence-corrected chi connectivity index (χ0v) is 9.41. The van der Waals surface area contributed by atoms with Gasteiger partial charge in [-0.15, -0.1) is 0 Å². The molecular weight excluding hydrogens is 190 g/mol. The van der Waals surface area contributed by atoms with Crippen LogP contribution in [0.25, 0.3) is 0 Å². The van der Waals surface area contributed by atoms with Crippen LogP contribution in [0.15, 0.2) is 0 Å². The van der Waals surface area contributed by atoms with E-state index >= 15 is 0 Å². The Morgan fingerprint density at radius 1 is 1.53 bits per heavy atom. The van der Waals surface area contributed by atoms with Gasteiger partial charge in [-0.3, -0.25) is 4.79 Å². The van der Waals surface area contributed by atoms with Crippen molar-refractivity contribution in [3.63, 3.8) is 0 Å². The van der Waals surface area contributed by atoms with Crippen LogP contribution in [0.5, 0.6) is 0 Å². The Kier molecular flexibility index (Phi) is 2.73. The van der Waals surface area contributed by atoms with E-state index < -0.39 is 0 Å². The Morgan fingerprint density at radius 2 is 2.27 bits per heavy atom. The molecule has 4 nitrogen and oxygen atoms in total. The van der Waals surface area contributed by atoms with Crippen molar-refractivity contribution in [1.82, 2.24) is 4.90 Å². The lowest BCUT2D eigenvalue weighted by atomic mass is 9.85. The first-order valence-electron chi connectivity index (χ1n) is 5.82. The minimum atomic E-state index is -0.366. The molecule has 1 aliphatic carbocycles. The van der Waals surface area contributed by atoms with Gasteiger partial charge in [-0.1, -0.05) is 0 Å². The fourth-order valence-corrected chi connectivity index (χ4v) is 3.03. The van der Waals surface area contributed by atoms with Gasteiger partial charge in [0.25, 0.3) is 0 Å². The number of nitrogens with zero attached hydrogens (tertiary/aromatic N) is 1. The summed E-state index contributed by atoms with van der Waals surface area (Å²) < 4.78 is 0. The van der Waals surface area contributed by atoms with Crippen LogP contribution < -0.4 is 11.5 Å². The van der Waals surface area contributed by atoms with E-state index in [9.17, 15) is 4.79 Å². The maximum absolute atomic E-state index is 11.7. The fraction of sp³-hybridized carbons (Fsp3) is 0.909. The van der Waals surface area contributed by atoms with E-state index in [2.05, 4.69) is 0 Å². The average molecular weight is 211 g/mol. The first kappa shape index (κ1) is 10.9. The molecule has 2 fully saturated rings. The van der Waals surface area contributed by atoms with Gasteiger partial charge in [0.1, 0.15) is 0 Å². The van der Waals surface area contributed by atoms with Gasteiger partial charge in [0.15, 0.2) is 0 Å². The van der Waals surface area contributed by atoms with Crippen molar-refractivity contribution in [1.29, 1.82) is 0 Å². The maximum Gasteiger partial charge on any atom is 0.239 e. The molecule has 0 radical (unpaired) electrons. The molecule has 0 aromatic carbocycles. The molecule has 2 aliphatic rings. The van der Waals surface area contributed by atoms with Crippen LogP contribution in [0.4, 0.5) is 0 Å². The first-order valence-corrected chi connectivity index (χ1v) is 5.82. The topological polar surface area (TPSA) is 72.4 Å². The van der Waals surface area contributed by atoms with Crippen molar-refractivity contribution in [2.45, 2.75) is 44.7 Å². The largest absolute Gasteiger partial charge is 0.341 e. The highest BCUT2D eigenvalue weighted by Gasteiger charge is 2.44. The quantitative estimate of drug-likeness (QED) is 0.644. The molecule has 1 heterocycles. The highest BCUT2D eigenvalue weighted by atomic mass is 16.2. The van der Waals surface area contributed by atoms with E-state index in [0.29, 0.717) is 11.5 Å². The molecular formula is C11H21N3O. The molecule has 4 N–H and O–H groups in total. The van der Waals surface area contributed by atoms with Crippen LogP contribution in [0.1, 0.15) is 32.6 Å². The summed E-state index contributed by atoms with van der Waals surface area (Å²) >= 11 is 0. The van der Waals surface area contributed by atoms with Gasteiger partial charge in [-0.25, -0.2) is 0 Å². The van der Waals surface area contributed by atoms with Gasteiger partial charge in [0.2, 0.25) is 5.91 Å². The van der Waals surface area contributed by atoms with E-state index in [-0.39, 0.29) is 11.9 Å². The molecule has 15 heavy (non-hydrogen) atoms. The molecule has 4 heteroatoms. The molecule has 1 aliphatic heterocycles. The fourth-order valence-electron chi connectivity index (χ4n) is 3.03. The van der Waals surface area contributed by atoms with Crippen molar-refractivity contribution in [2.24, 2.45) is 16.9 Å². The minimum absolute atomic E-state index is 0.0901. The molecule has 0 aromatic rings. The molecule has 1 amide bonds. The van der Waals surface area contributed by atoms with Crippen molar-refractivity contribution >= 4 is 5.91 Å². The predicted octanol–water partition coefficient (Wildman–Crippen LogP) is 0.0635. The molecule has 86 valence electrons. The Labute approximate surface area is 91.0 Å². The second-order valence-corrected chi connectivity index (χ2v) is 5.30. The maximum atomic E-state index is 11.7. The van der Waals surface area contributed by atoms with Gasteiger partial charge in [0.05, 0.1) is 6.04 Å². The summed E-state index contributed by atoms with van der Waals surface area (Å²) in [7, 11) is 0. The summed E-state index contributed by atoms with van der Waals surface area (Å²) in [4.78, 5) is 13.7. The molecule has 0 aromatic heterocycles. The lowest BCUT2D eigenvalue weighted by molar-refractivity contribution is -0.131. The number of carbonyl (C=O) groups is 1. The van der Waals surface area contributed by atoms with Gasteiger partial charge >= 0.3 is 0 Å². The monoisotopic (exact) mass is 211 g/mol. The van der Waals surface area contributed by atoms with Gasteiger partial charge in [-0.05, 0) is 38.0 Å². The van der Waals surface area contributed by atoms with E-state index in [1.54, 1.807) is 6.92 Å². The highest BCUT2D eigenvalue weighted by molar-refractivity contribution is 5.81.